The highest BCUT2D eigenvalue weighted by Crippen LogP contribution is 2.36. The summed E-state index contributed by atoms with van der Waals surface area (Å²) < 4.78 is 26.4. The quantitative estimate of drug-likeness (QED) is 0.834. The maximum absolute atomic E-state index is 13.3. The maximum Gasteiger partial charge on any atom is 0.168 e. The number of halogens is 2. The molecule has 1 aromatic rings. The predicted octanol–water partition coefficient (Wildman–Crippen LogP) is 2.77. The van der Waals surface area contributed by atoms with Crippen molar-refractivity contribution in [1.29, 1.82) is 0 Å². The molecule has 0 saturated carbocycles. The number of benzene rings is 1. The van der Waals surface area contributed by atoms with Gasteiger partial charge in [0.15, 0.2) is 11.6 Å². The van der Waals surface area contributed by atoms with Crippen molar-refractivity contribution >= 4 is 0 Å². The van der Waals surface area contributed by atoms with E-state index in [0.29, 0.717) is 17.5 Å². The number of phenolic OH excluding ortho intramolecular Hbond substituents is 1. The Hall–Kier alpha value is -1.16. The number of piperidine rings is 1. The molecule has 1 atom stereocenters. The largest absolute Gasteiger partial charge is 0.505 e. The van der Waals surface area contributed by atoms with Gasteiger partial charge in [-0.05, 0) is 43.8 Å². The molecule has 1 heterocycles. The molecule has 17 heavy (non-hydrogen) atoms. The predicted molar refractivity (Wildman–Crippen MR) is 62.0 cm³/mol. The molecule has 1 aromatic carbocycles. The minimum atomic E-state index is -0.874. The second kappa shape index (κ2) is 5.00. The van der Waals surface area contributed by atoms with Crippen molar-refractivity contribution in [1.82, 2.24) is 5.32 Å². The third kappa shape index (κ3) is 2.57. The van der Waals surface area contributed by atoms with Crippen LogP contribution in [0.3, 0.4) is 0 Å². The van der Waals surface area contributed by atoms with E-state index in [4.69, 9.17) is 0 Å². The van der Waals surface area contributed by atoms with Gasteiger partial charge in [0.1, 0.15) is 5.82 Å². The Morgan fingerprint density at radius 1 is 1.29 bits per heavy atom. The van der Waals surface area contributed by atoms with Crippen LogP contribution >= 0.6 is 0 Å². The highest BCUT2D eigenvalue weighted by Gasteiger charge is 2.25. The lowest BCUT2D eigenvalue weighted by Gasteiger charge is -2.29. The standard InChI is InChI=1S/C13H17F2NO/c1-8(9-2-4-16-5-3-9)11-6-10(14)7-12(15)13(11)17/h6-9,16-17H,2-5H2,1H3. The molecule has 94 valence electrons. The highest BCUT2D eigenvalue weighted by atomic mass is 19.1. The summed E-state index contributed by atoms with van der Waals surface area (Å²) in [6.45, 7) is 3.77. The topological polar surface area (TPSA) is 32.3 Å². The van der Waals surface area contributed by atoms with Crippen LogP contribution in [-0.2, 0) is 0 Å². The molecule has 1 fully saturated rings. The third-order valence-electron chi connectivity index (χ3n) is 3.64. The molecule has 2 N–H and O–H groups in total. The second-order valence-electron chi connectivity index (χ2n) is 4.70. The van der Waals surface area contributed by atoms with Crippen LogP contribution in [-0.4, -0.2) is 18.2 Å². The maximum atomic E-state index is 13.3. The molecule has 0 bridgehead atoms. The van der Waals surface area contributed by atoms with Crippen molar-refractivity contribution in [2.75, 3.05) is 13.1 Å². The van der Waals surface area contributed by atoms with E-state index in [0.717, 1.165) is 25.9 Å². The Kier molecular flexibility index (Phi) is 3.62. The molecule has 4 heteroatoms. The van der Waals surface area contributed by atoms with Crippen LogP contribution in [0, 0.1) is 17.6 Å². The summed E-state index contributed by atoms with van der Waals surface area (Å²) in [5, 5.41) is 12.9. The van der Waals surface area contributed by atoms with Gasteiger partial charge in [-0.25, -0.2) is 8.78 Å². The summed E-state index contributed by atoms with van der Waals surface area (Å²) >= 11 is 0. The van der Waals surface area contributed by atoms with Crippen LogP contribution < -0.4 is 5.32 Å². The lowest BCUT2D eigenvalue weighted by atomic mass is 9.81. The van der Waals surface area contributed by atoms with Crippen molar-refractivity contribution in [2.45, 2.75) is 25.7 Å². The zero-order valence-electron chi connectivity index (χ0n) is 9.84. The zero-order valence-corrected chi connectivity index (χ0v) is 9.84. The van der Waals surface area contributed by atoms with Crippen LogP contribution in [0.4, 0.5) is 8.78 Å². The molecule has 1 aliphatic heterocycles. The Morgan fingerprint density at radius 3 is 2.59 bits per heavy atom. The second-order valence-corrected chi connectivity index (χ2v) is 4.70. The Labute approximate surface area is 99.7 Å². The van der Waals surface area contributed by atoms with Gasteiger partial charge in [-0.1, -0.05) is 6.92 Å². The van der Waals surface area contributed by atoms with Gasteiger partial charge >= 0.3 is 0 Å². The molecular formula is C13H17F2NO. The summed E-state index contributed by atoms with van der Waals surface area (Å²) in [5.41, 5.74) is 0.384. The van der Waals surface area contributed by atoms with E-state index < -0.39 is 17.4 Å². The van der Waals surface area contributed by atoms with Gasteiger partial charge in [0.25, 0.3) is 0 Å². The Morgan fingerprint density at radius 2 is 1.94 bits per heavy atom. The number of hydrogen-bond acceptors (Lipinski definition) is 2. The normalized spacial score (nSPS) is 19.2. The fourth-order valence-electron chi connectivity index (χ4n) is 2.53. The van der Waals surface area contributed by atoms with Crippen LogP contribution in [0.2, 0.25) is 0 Å². The highest BCUT2D eigenvalue weighted by molar-refractivity contribution is 5.37. The molecule has 0 spiro atoms. The first-order valence-corrected chi connectivity index (χ1v) is 5.98. The summed E-state index contributed by atoms with van der Waals surface area (Å²) in [7, 11) is 0. The van der Waals surface area contributed by atoms with Crippen molar-refractivity contribution in [2.24, 2.45) is 5.92 Å². The first-order chi connectivity index (χ1) is 8.09. The number of aromatic hydroxyl groups is 1. The fraction of sp³-hybridized carbons (Fsp3) is 0.538. The molecule has 1 saturated heterocycles. The zero-order chi connectivity index (χ0) is 12.4. The van der Waals surface area contributed by atoms with Gasteiger partial charge < -0.3 is 10.4 Å². The lowest BCUT2D eigenvalue weighted by Crippen LogP contribution is -2.30. The van der Waals surface area contributed by atoms with E-state index >= 15 is 0 Å². The monoisotopic (exact) mass is 241 g/mol. The molecule has 0 aliphatic carbocycles. The van der Waals surface area contributed by atoms with E-state index in [1.807, 2.05) is 6.92 Å². The van der Waals surface area contributed by atoms with E-state index in [1.165, 1.54) is 6.07 Å². The van der Waals surface area contributed by atoms with Crippen LogP contribution in [0.15, 0.2) is 12.1 Å². The number of phenols is 1. The summed E-state index contributed by atoms with van der Waals surface area (Å²) in [4.78, 5) is 0. The SMILES string of the molecule is CC(c1cc(F)cc(F)c1O)C1CCNCC1. The average Bonchev–Trinajstić information content (AvgIpc) is 2.34. The lowest BCUT2D eigenvalue weighted by molar-refractivity contribution is 0.320. The van der Waals surface area contributed by atoms with Gasteiger partial charge in [-0.3, -0.25) is 0 Å². The van der Waals surface area contributed by atoms with Crippen LogP contribution in [0.5, 0.6) is 5.75 Å². The van der Waals surface area contributed by atoms with Crippen molar-refractivity contribution in [3.8, 4) is 5.75 Å². The number of rotatable bonds is 2. The first kappa shape index (κ1) is 12.3. The number of nitrogens with one attached hydrogen (secondary N) is 1. The smallest absolute Gasteiger partial charge is 0.168 e. The van der Waals surface area contributed by atoms with Crippen molar-refractivity contribution < 1.29 is 13.9 Å². The Balaban J connectivity index is 2.26. The fourth-order valence-corrected chi connectivity index (χ4v) is 2.53. The van der Waals surface area contributed by atoms with Gasteiger partial charge in [-0.15, -0.1) is 0 Å². The molecule has 1 aliphatic rings. The van der Waals surface area contributed by atoms with Crippen molar-refractivity contribution in [3.05, 3.63) is 29.3 Å². The van der Waals surface area contributed by atoms with Gasteiger partial charge in [0, 0.05) is 11.6 Å². The van der Waals surface area contributed by atoms with Crippen molar-refractivity contribution in [3.63, 3.8) is 0 Å². The molecule has 0 aromatic heterocycles. The van der Waals surface area contributed by atoms with E-state index in [9.17, 15) is 13.9 Å². The van der Waals surface area contributed by atoms with Gasteiger partial charge in [-0.2, -0.15) is 0 Å². The molecular weight excluding hydrogens is 224 g/mol. The summed E-state index contributed by atoms with van der Waals surface area (Å²) in [6.07, 6.45) is 1.94. The summed E-state index contributed by atoms with van der Waals surface area (Å²) in [5.74, 6) is -1.57. The van der Waals surface area contributed by atoms with E-state index in [2.05, 4.69) is 5.32 Å². The molecule has 2 nitrogen and oxygen atoms in total. The molecule has 0 amide bonds. The van der Waals surface area contributed by atoms with E-state index in [1.54, 1.807) is 0 Å². The number of hydrogen-bond donors (Lipinski definition) is 2. The summed E-state index contributed by atoms with van der Waals surface area (Å²) in [6, 6.07) is 1.96. The molecule has 1 unspecified atom stereocenters. The average molecular weight is 241 g/mol. The third-order valence-corrected chi connectivity index (χ3v) is 3.64. The van der Waals surface area contributed by atoms with Gasteiger partial charge in [0.2, 0.25) is 0 Å². The molecule has 0 radical (unpaired) electrons. The molecule has 2 rings (SSSR count). The first-order valence-electron chi connectivity index (χ1n) is 5.98. The van der Waals surface area contributed by atoms with Crippen LogP contribution in [0.25, 0.3) is 0 Å². The van der Waals surface area contributed by atoms with E-state index in [-0.39, 0.29) is 5.92 Å². The minimum absolute atomic E-state index is 0.0256. The Bertz CT molecular complexity index is 403. The van der Waals surface area contributed by atoms with Gasteiger partial charge in [0.05, 0.1) is 0 Å². The minimum Gasteiger partial charge on any atom is -0.505 e. The van der Waals surface area contributed by atoms with Crippen LogP contribution in [0.1, 0.15) is 31.2 Å².